The molecule has 6 nitrogen and oxygen atoms in total. The quantitative estimate of drug-likeness (QED) is 0.699. The standard InChI is InChI=1S/C23H31N3O3S/c1-19-10-11-22(17-20(19)2)30(28,29)26(14-6-9-21-7-4-3-5-8-21)18-23(27)25-15-12-24-13-16-25/h3-5,7-8,10-11,17,24H,6,9,12-16,18H2,1-2H3. The number of hydrogen-bond donors (Lipinski definition) is 1. The molecule has 1 fully saturated rings. The van der Waals surface area contributed by atoms with Crippen molar-refractivity contribution in [1.82, 2.24) is 14.5 Å². The molecule has 162 valence electrons. The van der Waals surface area contributed by atoms with E-state index in [0.29, 0.717) is 26.1 Å². The number of nitrogens with zero attached hydrogens (tertiary/aromatic N) is 2. The van der Waals surface area contributed by atoms with E-state index in [1.54, 1.807) is 17.0 Å². The van der Waals surface area contributed by atoms with Crippen LogP contribution in [0.15, 0.2) is 53.4 Å². The molecule has 0 aliphatic carbocycles. The molecule has 1 heterocycles. The average Bonchev–Trinajstić information content (AvgIpc) is 2.76. The lowest BCUT2D eigenvalue weighted by Crippen LogP contribution is -2.50. The fourth-order valence-electron chi connectivity index (χ4n) is 3.58. The van der Waals surface area contributed by atoms with E-state index in [1.807, 2.05) is 50.2 Å². The van der Waals surface area contributed by atoms with E-state index in [0.717, 1.165) is 36.2 Å². The molecular weight excluding hydrogens is 398 g/mol. The first kappa shape index (κ1) is 22.5. The predicted molar refractivity (Wildman–Crippen MR) is 119 cm³/mol. The van der Waals surface area contributed by atoms with E-state index in [4.69, 9.17) is 0 Å². The van der Waals surface area contributed by atoms with Gasteiger partial charge in [-0.3, -0.25) is 4.79 Å². The van der Waals surface area contributed by atoms with Crippen molar-refractivity contribution in [2.45, 2.75) is 31.6 Å². The monoisotopic (exact) mass is 429 g/mol. The molecule has 1 aliphatic heterocycles. The first-order valence-corrected chi connectivity index (χ1v) is 11.9. The number of nitrogens with one attached hydrogen (secondary N) is 1. The maximum atomic E-state index is 13.4. The summed E-state index contributed by atoms with van der Waals surface area (Å²) >= 11 is 0. The lowest BCUT2D eigenvalue weighted by Gasteiger charge is -2.30. The number of aryl methyl sites for hydroxylation is 3. The molecule has 2 aromatic carbocycles. The minimum Gasteiger partial charge on any atom is -0.339 e. The van der Waals surface area contributed by atoms with Crippen LogP contribution in [-0.4, -0.2) is 62.8 Å². The van der Waals surface area contributed by atoms with Crippen molar-refractivity contribution in [1.29, 1.82) is 0 Å². The van der Waals surface area contributed by atoms with Crippen LogP contribution in [0.25, 0.3) is 0 Å². The summed E-state index contributed by atoms with van der Waals surface area (Å²) in [5.74, 6) is -0.136. The van der Waals surface area contributed by atoms with Gasteiger partial charge in [0.05, 0.1) is 11.4 Å². The van der Waals surface area contributed by atoms with Crippen LogP contribution < -0.4 is 5.32 Å². The van der Waals surface area contributed by atoms with Crippen LogP contribution in [0.5, 0.6) is 0 Å². The van der Waals surface area contributed by atoms with E-state index in [2.05, 4.69) is 5.32 Å². The maximum absolute atomic E-state index is 13.4. The van der Waals surface area contributed by atoms with Gasteiger partial charge >= 0.3 is 0 Å². The first-order valence-electron chi connectivity index (χ1n) is 10.5. The third-order valence-electron chi connectivity index (χ3n) is 5.61. The molecule has 0 bridgehead atoms. The second-order valence-electron chi connectivity index (χ2n) is 7.80. The summed E-state index contributed by atoms with van der Waals surface area (Å²) in [6, 6.07) is 15.2. The summed E-state index contributed by atoms with van der Waals surface area (Å²) in [7, 11) is -3.76. The van der Waals surface area contributed by atoms with E-state index in [1.165, 1.54) is 4.31 Å². The number of carbonyl (C=O) groups excluding carboxylic acids is 1. The molecule has 2 aromatic rings. The molecular formula is C23H31N3O3S. The molecule has 0 saturated carbocycles. The number of rotatable bonds is 8. The molecule has 30 heavy (non-hydrogen) atoms. The molecule has 1 saturated heterocycles. The smallest absolute Gasteiger partial charge is 0.243 e. The second kappa shape index (κ2) is 10.2. The zero-order valence-electron chi connectivity index (χ0n) is 17.8. The van der Waals surface area contributed by atoms with Crippen LogP contribution in [0.4, 0.5) is 0 Å². The number of hydrogen-bond acceptors (Lipinski definition) is 4. The Kier molecular flexibility index (Phi) is 7.64. The number of benzene rings is 2. The van der Waals surface area contributed by atoms with Gasteiger partial charge in [-0.15, -0.1) is 0 Å². The maximum Gasteiger partial charge on any atom is 0.243 e. The van der Waals surface area contributed by atoms with Gasteiger partial charge in [0.1, 0.15) is 0 Å². The number of carbonyl (C=O) groups is 1. The van der Waals surface area contributed by atoms with Gasteiger partial charge < -0.3 is 10.2 Å². The SMILES string of the molecule is Cc1ccc(S(=O)(=O)N(CCCc2ccccc2)CC(=O)N2CCNCC2)cc1C. The molecule has 0 spiro atoms. The fourth-order valence-corrected chi connectivity index (χ4v) is 5.09. The van der Waals surface area contributed by atoms with Crippen molar-refractivity contribution in [2.24, 2.45) is 0 Å². The molecule has 0 radical (unpaired) electrons. The Bertz CT molecular complexity index is 955. The van der Waals surface area contributed by atoms with Gasteiger partial charge in [-0.1, -0.05) is 36.4 Å². The van der Waals surface area contributed by atoms with E-state index in [9.17, 15) is 13.2 Å². The second-order valence-corrected chi connectivity index (χ2v) is 9.74. The fraction of sp³-hybridized carbons (Fsp3) is 0.435. The Balaban J connectivity index is 1.77. The highest BCUT2D eigenvalue weighted by Gasteiger charge is 2.29. The van der Waals surface area contributed by atoms with Gasteiger partial charge in [0, 0.05) is 32.7 Å². The third-order valence-corrected chi connectivity index (χ3v) is 7.45. The van der Waals surface area contributed by atoms with Crippen LogP contribution in [0.3, 0.4) is 0 Å². The van der Waals surface area contributed by atoms with E-state index in [-0.39, 0.29) is 17.3 Å². The molecule has 7 heteroatoms. The Morgan fingerprint density at radius 1 is 1.03 bits per heavy atom. The van der Waals surface area contributed by atoms with Crippen molar-refractivity contribution in [3.8, 4) is 0 Å². The van der Waals surface area contributed by atoms with Crippen molar-refractivity contribution in [2.75, 3.05) is 39.3 Å². The summed E-state index contributed by atoms with van der Waals surface area (Å²) in [5, 5.41) is 3.22. The van der Waals surface area contributed by atoms with Crippen LogP contribution in [0.1, 0.15) is 23.1 Å². The highest BCUT2D eigenvalue weighted by Crippen LogP contribution is 2.20. The summed E-state index contributed by atoms with van der Waals surface area (Å²) in [5.41, 5.74) is 3.13. The van der Waals surface area contributed by atoms with Gasteiger partial charge in [-0.25, -0.2) is 8.42 Å². The van der Waals surface area contributed by atoms with Gasteiger partial charge in [0.2, 0.25) is 15.9 Å². The number of piperazine rings is 1. The minimum atomic E-state index is -3.76. The van der Waals surface area contributed by atoms with E-state index < -0.39 is 10.0 Å². The molecule has 3 rings (SSSR count). The molecule has 1 N–H and O–H groups in total. The average molecular weight is 430 g/mol. The van der Waals surface area contributed by atoms with Crippen molar-refractivity contribution in [3.63, 3.8) is 0 Å². The van der Waals surface area contributed by atoms with Gasteiger partial charge in [0.15, 0.2) is 0 Å². The molecule has 1 amide bonds. The van der Waals surface area contributed by atoms with E-state index >= 15 is 0 Å². The normalized spacial score (nSPS) is 14.8. The van der Waals surface area contributed by atoms with Crippen LogP contribution >= 0.6 is 0 Å². The summed E-state index contributed by atoms with van der Waals surface area (Å²) in [6.45, 7) is 6.75. The van der Waals surface area contributed by atoms with Crippen LogP contribution in [0, 0.1) is 13.8 Å². The van der Waals surface area contributed by atoms with Gasteiger partial charge in [-0.05, 0) is 55.5 Å². The minimum absolute atomic E-state index is 0.121. The lowest BCUT2D eigenvalue weighted by molar-refractivity contribution is -0.131. The Morgan fingerprint density at radius 3 is 2.40 bits per heavy atom. The van der Waals surface area contributed by atoms with Crippen molar-refractivity contribution < 1.29 is 13.2 Å². The Labute approximate surface area is 179 Å². The third kappa shape index (κ3) is 5.68. The zero-order valence-corrected chi connectivity index (χ0v) is 18.6. The predicted octanol–water partition coefficient (Wildman–Crippen LogP) is 2.36. The number of sulfonamides is 1. The van der Waals surface area contributed by atoms with Crippen molar-refractivity contribution >= 4 is 15.9 Å². The Hall–Kier alpha value is -2.22. The van der Waals surface area contributed by atoms with Gasteiger partial charge in [0.25, 0.3) is 0 Å². The number of amides is 1. The van der Waals surface area contributed by atoms with Gasteiger partial charge in [-0.2, -0.15) is 4.31 Å². The Morgan fingerprint density at radius 2 is 1.73 bits per heavy atom. The summed E-state index contributed by atoms with van der Waals surface area (Å²) in [6.07, 6.45) is 1.42. The summed E-state index contributed by atoms with van der Waals surface area (Å²) < 4.78 is 28.2. The molecule has 1 aliphatic rings. The van der Waals surface area contributed by atoms with Crippen LogP contribution in [-0.2, 0) is 21.2 Å². The van der Waals surface area contributed by atoms with Crippen molar-refractivity contribution in [3.05, 3.63) is 65.2 Å². The first-order chi connectivity index (χ1) is 14.4. The molecule has 0 atom stereocenters. The molecule has 0 aromatic heterocycles. The van der Waals surface area contributed by atoms with Crippen LogP contribution in [0.2, 0.25) is 0 Å². The highest BCUT2D eigenvalue weighted by molar-refractivity contribution is 7.89. The lowest BCUT2D eigenvalue weighted by atomic mass is 10.1. The largest absolute Gasteiger partial charge is 0.339 e. The highest BCUT2D eigenvalue weighted by atomic mass is 32.2. The zero-order chi connectivity index (χ0) is 21.6. The topological polar surface area (TPSA) is 69.7 Å². The summed E-state index contributed by atoms with van der Waals surface area (Å²) in [4.78, 5) is 14.8. The molecule has 0 unspecified atom stereocenters.